The van der Waals surface area contributed by atoms with Crippen LogP contribution < -0.4 is 4.90 Å². The third-order valence-corrected chi connectivity index (χ3v) is 4.01. The van der Waals surface area contributed by atoms with Crippen molar-refractivity contribution in [1.29, 1.82) is 0 Å². The van der Waals surface area contributed by atoms with Crippen LogP contribution in [0.15, 0.2) is 18.3 Å². The summed E-state index contributed by atoms with van der Waals surface area (Å²) < 4.78 is 5.81. The molecule has 2 aliphatic rings. The van der Waals surface area contributed by atoms with Crippen molar-refractivity contribution in [2.45, 2.75) is 44.4 Å². The number of ether oxygens (including phenoxy) is 1. The zero-order valence-electron chi connectivity index (χ0n) is 10.7. The number of hydrogen-bond donors (Lipinski definition) is 1. The Bertz CT molecular complexity index is 405. The van der Waals surface area contributed by atoms with Gasteiger partial charge in [0, 0.05) is 6.54 Å². The van der Waals surface area contributed by atoms with Gasteiger partial charge in [-0.3, -0.25) is 4.98 Å². The molecule has 3 rings (SSSR count). The highest BCUT2D eigenvalue weighted by atomic mass is 16.5. The van der Waals surface area contributed by atoms with Gasteiger partial charge in [-0.1, -0.05) is 0 Å². The minimum Gasteiger partial charge on any atom is -0.387 e. The minimum atomic E-state index is -0.497. The van der Waals surface area contributed by atoms with Gasteiger partial charge in [-0.15, -0.1) is 0 Å². The Morgan fingerprint density at radius 3 is 3.06 bits per heavy atom. The van der Waals surface area contributed by atoms with E-state index in [-0.39, 0.29) is 0 Å². The van der Waals surface area contributed by atoms with E-state index in [2.05, 4.69) is 16.0 Å². The van der Waals surface area contributed by atoms with Crippen molar-refractivity contribution in [3.63, 3.8) is 0 Å². The number of nitrogens with zero attached hydrogens (tertiary/aromatic N) is 2. The van der Waals surface area contributed by atoms with E-state index in [1.54, 1.807) is 6.92 Å². The maximum Gasteiger partial charge on any atom is 0.0931 e. The topological polar surface area (TPSA) is 45.6 Å². The summed E-state index contributed by atoms with van der Waals surface area (Å²) >= 11 is 0. The Morgan fingerprint density at radius 1 is 1.44 bits per heavy atom. The number of anilines is 1. The van der Waals surface area contributed by atoms with Crippen molar-refractivity contribution < 1.29 is 9.84 Å². The SMILES string of the molecule is C[C@@H](O)c1ccc(N2CCOC3CCCC32)cn1. The van der Waals surface area contributed by atoms with E-state index < -0.39 is 6.10 Å². The van der Waals surface area contributed by atoms with Crippen molar-refractivity contribution in [1.82, 2.24) is 4.98 Å². The van der Waals surface area contributed by atoms with Crippen molar-refractivity contribution in [2.24, 2.45) is 0 Å². The lowest BCUT2D eigenvalue weighted by atomic mass is 10.1. The molecule has 4 heteroatoms. The average Bonchev–Trinajstić information content (AvgIpc) is 2.87. The Labute approximate surface area is 108 Å². The first-order chi connectivity index (χ1) is 8.75. The van der Waals surface area contributed by atoms with Gasteiger partial charge >= 0.3 is 0 Å². The predicted octanol–water partition coefficient (Wildman–Crippen LogP) is 1.89. The van der Waals surface area contributed by atoms with Crippen molar-refractivity contribution in [3.8, 4) is 0 Å². The molecule has 1 N–H and O–H groups in total. The number of aliphatic hydroxyl groups is 1. The van der Waals surface area contributed by atoms with Crippen molar-refractivity contribution >= 4 is 5.69 Å². The van der Waals surface area contributed by atoms with E-state index >= 15 is 0 Å². The second-order valence-corrected chi connectivity index (χ2v) is 5.22. The summed E-state index contributed by atoms with van der Waals surface area (Å²) in [6.07, 6.45) is 5.43. The molecular formula is C14H20N2O2. The number of rotatable bonds is 2. The molecule has 18 heavy (non-hydrogen) atoms. The molecule has 2 heterocycles. The van der Waals surface area contributed by atoms with Crippen LogP contribution in [0, 0.1) is 0 Å². The zero-order chi connectivity index (χ0) is 12.5. The van der Waals surface area contributed by atoms with Crippen LogP contribution in [0.2, 0.25) is 0 Å². The molecule has 4 nitrogen and oxygen atoms in total. The summed E-state index contributed by atoms with van der Waals surface area (Å²) in [6.45, 7) is 3.49. The van der Waals surface area contributed by atoms with Crippen LogP contribution >= 0.6 is 0 Å². The van der Waals surface area contributed by atoms with Gasteiger partial charge in [-0.2, -0.15) is 0 Å². The van der Waals surface area contributed by atoms with Gasteiger partial charge in [-0.05, 0) is 38.3 Å². The fourth-order valence-electron chi connectivity index (χ4n) is 3.06. The van der Waals surface area contributed by atoms with Gasteiger partial charge in [0.05, 0.1) is 42.4 Å². The molecule has 3 atom stereocenters. The molecule has 1 aromatic rings. The zero-order valence-corrected chi connectivity index (χ0v) is 10.7. The van der Waals surface area contributed by atoms with E-state index in [0.29, 0.717) is 12.1 Å². The third kappa shape index (κ3) is 2.10. The first-order valence-corrected chi connectivity index (χ1v) is 6.78. The van der Waals surface area contributed by atoms with Crippen molar-refractivity contribution in [3.05, 3.63) is 24.0 Å². The highest BCUT2D eigenvalue weighted by molar-refractivity contribution is 5.47. The number of aromatic nitrogens is 1. The van der Waals surface area contributed by atoms with Gasteiger partial charge in [0.25, 0.3) is 0 Å². The lowest BCUT2D eigenvalue weighted by Gasteiger charge is -2.39. The number of morpholine rings is 1. The third-order valence-electron chi connectivity index (χ3n) is 4.01. The summed E-state index contributed by atoms with van der Waals surface area (Å²) in [5, 5.41) is 9.48. The Balaban J connectivity index is 1.80. The fraction of sp³-hybridized carbons (Fsp3) is 0.643. The smallest absolute Gasteiger partial charge is 0.0931 e. The first-order valence-electron chi connectivity index (χ1n) is 6.78. The summed E-state index contributed by atoms with van der Waals surface area (Å²) in [7, 11) is 0. The van der Waals surface area contributed by atoms with Gasteiger partial charge in [0.15, 0.2) is 0 Å². The lowest BCUT2D eigenvalue weighted by molar-refractivity contribution is 0.0256. The second kappa shape index (κ2) is 4.86. The Hall–Kier alpha value is -1.13. The van der Waals surface area contributed by atoms with Crippen LogP contribution in [0.1, 0.15) is 38.0 Å². The normalized spacial score (nSPS) is 29.1. The van der Waals surface area contributed by atoms with Crippen LogP contribution in [-0.4, -0.2) is 35.4 Å². The molecular weight excluding hydrogens is 228 g/mol. The molecule has 2 fully saturated rings. The summed E-state index contributed by atoms with van der Waals surface area (Å²) in [6, 6.07) is 4.49. The van der Waals surface area contributed by atoms with Crippen LogP contribution in [0.3, 0.4) is 0 Å². The predicted molar refractivity (Wildman–Crippen MR) is 69.6 cm³/mol. The molecule has 2 unspecified atom stereocenters. The molecule has 0 radical (unpaired) electrons. The number of aliphatic hydroxyl groups excluding tert-OH is 1. The van der Waals surface area contributed by atoms with Gasteiger partial charge in [0.1, 0.15) is 0 Å². The number of hydrogen-bond acceptors (Lipinski definition) is 4. The molecule has 1 saturated heterocycles. The molecule has 1 aliphatic carbocycles. The van der Waals surface area contributed by atoms with Crippen LogP contribution in [0.4, 0.5) is 5.69 Å². The molecule has 0 bridgehead atoms. The lowest BCUT2D eigenvalue weighted by Crippen LogP contribution is -2.48. The van der Waals surface area contributed by atoms with Gasteiger partial charge < -0.3 is 14.7 Å². The Morgan fingerprint density at radius 2 is 2.33 bits per heavy atom. The average molecular weight is 248 g/mol. The quantitative estimate of drug-likeness (QED) is 0.868. The van der Waals surface area contributed by atoms with Crippen LogP contribution in [-0.2, 0) is 4.74 Å². The highest BCUT2D eigenvalue weighted by Crippen LogP contribution is 2.32. The van der Waals surface area contributed by atoms with E-state index in [4.69, 9.17) is 4.74 Å². The largest absolute Gasteiger partial charge is 0.387 e. The van der Waals surface area contributed by atoms with Crippen LogP contribution in [0.25, 0.3) is 0 Å². The van der Waals surface area contributed by atoms with Crippen molar-refractivity contribution in [2.75, 3.05) is 18.1 Å². The molecule has 0 spiro atoms. The second-order valence-electron chi connectivity index (χ2n) is 5.22. The van der Waals surface area contributed by atoms with E-state index in [0.717, 1.165) is 24.5 Å². The van der Waals surface area contributed by atoms with E-state index in [9.17, 15) is 5.11 Å². The number of fused-ring (bicyclic) bond motifs is 1. The molecule has 0 aromatic carbocycles. The molecule has 1 aliphatic heterocycles. The summed E-state index contributed by atoms with van der Waals surface area (Å²) in [4.78, 5) is 6.75. The van der Waals surface area contributed by atoms with Gasteiger partial charge in [-0.25, -0.2) is 0 Å². The molecule has 1 aromatic heterocycles. The minimum absolute atomic E-state index is 0.398. The standard InChI is InChI=1S/C14H20N2O2/c1-10(17)12-6-5-11(9-15-12)16-7-8-18-14-4-2-3-13(14)16/h5-6,9-10,13-14,17H,2-4,7-8H2,1H3/t10-,13?,14?/m1/s1. The Kier molecular flexibility index (Phi) is 3.22. The molecule has 0 amide bonds. The monoisotopic (exact) mass is 248 g/mol. The van der Waals surface area contributed by atoms with E-state index in [1.165, 1.54) is 19.3 Å². The molecule has 98 valence electrons. The van der Waals surface area contributed by atoms with Crippen LogP contribution in [0.5, 0.6) is 0 Å². The highest BCUT2D eigenvalue weighted by Gasteiger charge is 2.36. The maximum atomic E-state index is 9.48. The summed E-state index contributed by atoms with van der Waals surface area (Å²) in [5.41, 5.74) is 1.88. The number of pyridine rings is 1. The fourth-order valence-corrected chi connectivity index (χ4v) is 3.06. The summed E-state index contributed by atoms with van der Waals surface area (Å²) in [5.74, 6) is 0. The first kappa shape index (κ1) is 11.9. The maximum absolute atomic E-state index is 9.48. The van der Waals surface area contributed by atoms with Gasteiger partial charge in [0.2, 0.25) is 0 Å². The molecule has 1 saturated carbocycles. The van der Waals surface area contributed by atoms with E-state index in [1.807, 2.05) is 12.3 Å².